The van der Waals surface area contributed by atoms with Crippen molar-refractivity contribution >= 4 is 21.6 Å². The third-order valence-electron chi connectivity index (χ3n) is 3.88. The van der Waals surface area contributed by atoms with Gasteiger partial charge in [0, 0.05) is 17.1 Å². The summed E-state index contributed by atoms with van der Waals surface area (Å²) in [5.41, 5.74) is 4.15. The Morgan fingerprint density at radius 1 is 1.33 bits per heavy atom. The highest BCUT2D eigenvalue weighted by Crippen LogP contribution is 2.33. The second-order valence-corrected chi connectivity index (χ2v) is 6.94. The molecular formula is C15H23BrN2. The number of benzene rings is 1. The molecule has 1 aromatic rings. The van der Waals surface area contributed by atoms with Gasteiger partial charge in [0.05, 0.1) is 5.69 Å². The van der Waals surface area contributed by atoms with E-state index in [1.54, 1.807) is 0 Å². The quantitative estimate of drug-likeness (QED) is 0.866. The van der Waals surface area contributed by atoms with Gasteiger partial charge in [-0.3, -0.25) is 0 Å². The number of rotatable bonds is 2. The smallest absolute Gasteiger partial charge is 0.0516 e. The molecule has 0 amide bonds. The summed E-state index contributed by atoms with van der Waals surface area (Å²) in [5, 5.41) is 7.23. The molecule has 0 radical (unpaired) electrons. The van der Waals surface area contributed by atoms with Crippen molar-refractivity contribution in [3.8, 4) is 0 Å². The molecule has 0 aliphatic carbocycles. The lowest BCUT2D eigenvalue weighted by Gasteiger charge is -2.40. The molecule has 0 bridgehead atoms. The van der Waals surface area contributed by atoms with Crippen LogP contribution in [0.4, 0.5) is 5.69 Å². The fraction of sp³-hybridized carbons (Fsp3) is 0.600. The highest BCUT2D eigenvalue weighted by molar-refractivity contribution is 9.10. The highest BCUT2D eigenvalue weighted by Gasteiger charge is 2.32. The van der Waals surface area contributed by atoms with Crippen molar-refractivity contribution in [3.05, 3.63) is 27.7 Å². The minimum Gasteiger partial charge on any atom is -0.381 e. The molecule has 1 saturated heterocycles. The minimum absolute atomic E-state index is 0.287. The lowest BCUT2D eigenvalue weighted by molar-refractivity contribution is 0.236. The predicted molar refractivity (Wildman–Crippen MR) is 82.3 cm³/mol. The van der Waals surface area contributed by atoms with E-state index in [1.165, 1.54) is 27.7 Å². The Balaban J connectivity index is 2.23. The predicted octanol–water partition coefficient (Wildman–Crippen LogP) is 3.87. The molecular weight excluding hydrogens is 288 g/mol. The third-order valence-corrected chi connectivity index (χ3v) is 4.51. The number of hydrogen-bond acceptors (Lipinski definition) is 2. The molecule has 100 valence electrons. The maximum Gasteiger partial charge on any atom is 0.0516 e. The standard InChI is InChI=1S/C15H23BrN2/c1-10-7-11(2)14(12(16)8-10)18-13-5-6-17-9-15(13,3)4/h7-8,13,17-18H,5-6,9H2,1-4H3. The van der Waals surface area contributed by atoms with Crippen LogP contribution < -0.4 is 10.6 Å². The van der Waals surface area contributed by atoms with Crippen molar-refractivity contribution in [3.63, 3.8) is 0 Å². The van der Waals surface area contributed by atoms with Crippen LogP contribution in [0.25, 0.3) is 0 Å². The van der Waals surface area contributed by atoms with Gasteiger partial charge in [-0.05, 0) is 65.4 Å². The molecule has 0 saturated carbocycles. The zero-order valence-corrected chi connectivity index (χ0v) is 13.3. The maximum absolute atomic E-state index is 3.75. The van der Waals surface area contributed by atoms with E-state index in [4.69, 9.17) is 0 Å². The van der Waals surface area contributed by atoms with Crippen LogP contribution in [0.2, 0.25) is 0 Å². The van der Waals surface area contributed by atoms with Gasteiger partial charge in [0.25, 0.3) is 0 Å². The van der Waals surface area contributed by atoms with Crippen LogP contribution in [0.15, 0.2) is 16.6 Å². The van der Waals surface area contributed by atoms with Gasteiger partial charge in [-0.25, -0.2) is 0 Å². The van der Waals surface area contributed by atoms with Crippen LogP contribution in [0.5, 0.6) is 0 Å². The summed E-state index contributed by atoms with van der Waals surface area (Å²) >= 11 is 3.68. The van der Waals surface area contributed by atoms with Crippen molar-refractivity contribution in [2.24, 2.45) is 5.41 Å². The second kappa shape index (κ2) is 5.22. The number of piperidine rings is 1. The lowest BCUT2D eigenvalue weighted by Crippen LogP contribution is -2.49. The average molecular weight is 311 g/mol. The summed E-state index contributed by atoms with van der Waals surface area (Å²) in [7, 11) is 0. The number of halogens is 1. The Hall–Kier alpha value is -0.540. The van der Waals surface area contributed by atoms with E-state index in [1.807, 2.05) is 0 Å². The first kappa shape index (κ1) is 13.9. The van der Waals surface area contributed by atoms with Gasteiger partial charge in [-0.1, -0.05) is 19.9 Å². The Morgan fingerprint density at radius 3 is 2.67 bits per heavy atom. The normalized spacial score (nSPS) is 22.8. The van der Waals surface area contributed by atoms with E-state index in [-0.39, 0.29) is 5.41 Å². The van der Waals surface area contributed by atoms with Crippen LogP contribution in [0, 0.1) is 19.3 Å². The van der Waals surface area contributed by atoms with Crippen molar-refractivity contribution in [2.75, 3.05) is 18.4 Å². The SMILES string of the molecule is Cc1cc(C)c(NC2CCNCC2(C)C)c(Br)c1. The minimum atomic E-state index is 0.287. The number of anilines is 1. The Labute approximate surface area is 119 Å². The van der Waals surface area contributed by atoms with Gasteiger partial charge >= 0.3 is 0 Å². The van der Waals surface area contributed by atoms with Crippen LogP contribution in [0.1, 0.15) is 31.4 Å². The molecule has 1 aromatic carbocycles. The first-order valence-corrected chi connectivity index (χ1v) is 7.43. The van der Waals surface area contributed by atoms with E-state index >= 15 is 0 Å². The summed E-state index contributed by atoms with van der Waals surface area (Å²) in [5.74, 6) is 0. The third kappa shape index (κ3) is 2.89. The maximum atomic E-state index is 3.75. The van der Waals surface area contributed by atoms with Gasteiger partial charge in [0.2, 0.25) is 0 Å². The summed E-state index contributed by atoms with van der Waals surface area (Å²) in [6, 6.07) is 4.95. The zero-order chi connectivity index (χ0) is 13.3. The molecule has 2 rings (SSSR count). The van der Waals surface area contributed by atoms with Gasteiger partial charge in [0.15, 0.2) is 0 Å². The fourth-order valence-corrected chi connectivity index (χ4v) is 3.50. The lowest BCUT2D eigenvalue weighted by atomic mass is 9.80. The summed E-state index contributed by atoms with van der Waals surface area (Å²) < 4.78 is 1.18. The first-order valence-electron chi connectivity index (χ1n) is 6.64. The zero-order valence-electron chi connectivity index (χ0n) is 11.7. The second-order valence-electron chi connectivity index (χ2n) is 6.09. The monoisotopic (exact) mass is 310 g/mol. The largest absolute Gasteiger partial charge is 0.381 e. The Kier molecular flexibility index (Phi) is 4.02. The van der Waals surface area contributed by atoms with Crippen molar-refractivity contribution in [1.82, 2.24) is 5.32 Å². The van der Waals surface area contributed by atoms with E-state index in [9.17, 15) is 0 Å². The van der Waals surface area contributed by atoms with Crippen LogP contribution in [-0.2, 0) is 0 Å². The summed E-state index contributed by atoms with van der Waals surface area (Å²) in [4.78, 5) is 0. The molecule has 1 atom stereocenters. The molecule has 18 heavy (non-hydrogen) atoms. The highest BCUT2D eigenvalue weighted by atomic mass is 79.9. The summed E-state index contributed by atoms with van der Waals surface area (Å²) in [6.45, 7) is 11.1. The van der Waals surface area contributed by atoms with Gasteiger partial charge < -0.3 is 10.6 Å². The van der Waals surface area contributed by atoms with Crippen molar-refractivity contribution in [2.45, 2.75) is 40.2 Å². The Bertz CT molecular complexity index is 417. The molecule has 0 spiro atoms. The van der Waals surface area contributed by atoms with Crippen molar-refractivity contribution < 1.29 is 0 Å². The van der Waals surface area contributed by atoms with Crippen LogP contribution in [0.3, 0.4) is 0 Å². The van der Waals surface area contributed by atoms with Gasteiger partial charge in [0.1, 0.15) is 0 Å². The average Bonchev–Trinajstić information content (AvgIpc) is 2.24. The van der Waals surface area contributed by atoms with Crippen molar-refractivity contribution in [1.29, 1.82) is 0 Å². The molecule has 1 fully saturated rings. The van der Waals surface area contributed by atoms with Gasteiger partial charge in [-0.2, -0.15) is 0 Å². The molecule has 2 N–H and O–H groups in total. The van der Waals surface area contributed by atoms with E-state index in [0.29, 0.717) is 6.04 Å². The fourth-order valence-electron chi connectivity index (χ4n) is 2.71. The van der Waals surface area contributed by atoms with Gasteiger partial charge in [-0.15, -0.1) is 0 Å². The Morgan fingerprint density at radius 2 is 2.06 bits per heavy atom. The topological polar surface area (TPSA) is 24.1 Å². The molecule has 3 heteroatoms. The molecule has 1 aliphatic heterocycles. The van der Waals surface area contributed by atoms with Crippen LogP contribution in [-0.4, -0.2) is 19.1 Å². The van der Waals surface area contributed by atoms with Crippen LogP contribution >= 0.6 is 15.9 Å². The molecule has 1 aliphatic rings. The molecule has 0 aromatic heterocycles. The van der Waals surface area contributed by atoms with E-state index in [2.05, 4.69) is 66.4 Å². The first-order chi connectivity index (χ1) is 8.40. The number of nitrogens with one attached hydrogen (secondary N) is 2. The van der Waals surface area contributed by atoms with E-state index < -0.39 is 0 Å². The molecule has 1 unspecified atom stereocenters. The van der Waals surface area contributed by atoms with E-state index in [0.717, 1.165) is 13.1 Å². The number of aryl methyl sites for hydroxylation is 2. The number of hydrogen-bond donors (Lipinski definition) is 2. The molecule has 1 heterocycles. The summed E-state index contributed by atoms with van der Waals surface area (Å²) in [6.07, 6.45) is 1.17. The molecule has 2 nitrogen and oxygen atoms in total.